The lowest BCUT2D eigenvalue weighted by molar-refractivity contribution is -0.137. The van der Waals surface area contributed by atoms with Gasteiger partial charge < -0.3 is 34.7 Å². The van der Waals surface area contributed by atoms with E-state index in [0.29, 0.717) is 28.7 Å². The smallest absolute Gasteiger partial charge is 0.480 e. The van der Waals surface area contributed by atoms with Crippen LogP contribution in [0.5, 0.6) is 0 Å². The molecule has 0 saturated heterocycles. The van der Waals surface area contributed by atoms with Gasteiger partial charge in [0.1, 0.15) is 6.54 Å². The minimum Gasteiger partial charge on any atom is -0.480 e. The third-order valence-electron chi connectivity index (χ3n) is 6.56. The molecule has 0 fully saturated rings. The lowest BCUT2D eigenvalue weighted by Gasteiger charge is -2.22. The van der Waals surface area contributed by atoms with Crippen LogP contribution in [-0.4, -0.2) is 58.6 Å². The number of rotatable bonds is 8. The largest absolute Gasteiger partial charge is 0.491 e. The number of aliphatic carboxylic acids is 1. The van der Waals surface area contributed by atoms with Crippen LogP contribution in [0, 0.1) is 0 Å². The fourth-order valence-corrected chi connectivity index (χ4v) is 4.59. The number of carbonyl (C=O) groups excluding carboxylic acids is 2. The van der Waals surface area contributed by atoms with Crippen molar-refractivity contribution in [2.75, 3.05) is 6.54 Å². The highest BCUT2D eigenvalue weighted by molar-refractivity contribution is 6.62. The summed E-state index contributed by atoms with van der Waals surface area (Å²) in [5.41, 5.74) is 4.79. The molecule has 5 rings (SSSR count). The fraction of sp³-hybridized carbons (Fsp3) is 0.192. The Morgan fingerprint density at radius 2 is 1.45 bits per heavy atom. The van der Waals surface area contributed by atoms with Crippen LogP contribution in [0.3, 0.4) is 0 Å². The minimum atomic E-state index is -1.16. The summed E-state index contributed by atoms with van der Waals surface area (Å²) in [6.07, 6.45) is 0. The molecule has 12 heteroatoms. The van der Waals surface area contributed by atoms with Gasteiger partial charge in [-0.2, -0.15) is 0 Å². The second-order valence-electron chi connectivity index (χ2n) is 9.21. The van der Waals surface area contributed by atoms with Gasteiger partial charge in [-0.1, -0.05) is 36.4 Å². The van der Waals surface area contributed by atoms with Gasteiger partial charge in [-0.05, 0) is 57.4 Å². The molecule has 0 unspecified atom stereocenters. The van der Waals surface area contributed by atoms with Crippen LogP contribution in [-0.2, 0) is 40.4 Å². The molecule has 0 aliphatic carbocycles. The number of nitrogens with zero attached hydrogens (tertiary/aromatic N) is 1. The predicted molar refractivity (Wildman–Crippen MR) is 138 cm³/mol. The Kier molecular flexibility index (Phi) is 7.30. The van der Waals surface area contributed by atoms with Crippen molar-refractivity contribution in [2.45, 2.75) is 26.3 Å². The molecule has 4 N–H and O–H groups in total. The third-order valence-corrected chi connectivity index (χ3v) is 6.56. The summed E-state index contributed by atoms with van der Waals surface area (Å²) in [4.78, 5) is 38.6. The highest BCUT2D eigenvalue weighted by Gasteiger charge is 2.30. The topological polar surface area (TPSA) is 146 Å². The zero-order chi connectivity index (χ0) is 26.8. The Bertz CT molecular complexity index is 1420. The second kappa shape index (κ2) is 10.8. The van der Waals surface area contributed by atoms with Gasteiger partial charge in [0.05, 0.1) is 13.2 Å². The number of carboxylic acids is 1. The van der Waals surface area contributed by atoms with E-state index < -0.39 is 32.7 Å². The first-order chi connectivity index (χ1) is 18.3. The highest BCUT2D eigenvalue weighted by atomic mass is 16.5. The van der Waals surface area contributed by atoms with Crippen molar-refractivity contribution in [3.05, 3.63) is 94.0 Å². The predicted octanol–water partition coefficient (Wildman–Crippen LogP) is -0.221. The van der Waals surface area contributed by atoms with Gasteiger partial charge in [0, 0.05) is 24.2 Å². The monoisotopic (exact) mass is 514 g/mol. The molecule has 38 heavy (non-hydrogen) atoms. The van der Waals surface area contributed by atoms with Gasteiger partial charge in [0.2, 0.25) is 0 Å². The van der Waals surface area contributed by atoms with Crippen LogP contribution in [0.25, 0.3) is 0 Å². The number of carbonyl (C=O) groups is 3. The van der Waals surface area contributed by atoms with Crippen molar-refractivity contribution >= 4 is 42.9 Å². The third kappa shape index (κ3) is 5.48. The van der Waals surface area contributed by atoms with Gasteiger partial charge in [0.15, 0.2) is 0 Å². The Balaban J connectivity index is 1.27. The van der Waals surface area contributed by atoms with Crippen molar-refractivity contribution in [3.8, 4) is 0 Å². The molecule has 3 aromatic carbocycles. The van der Waals surface area contributed by atoms with Crippen molar-refractivity contribution in [3.63, 3.8) is 0 Å². The molecule has 0 spiro atoms. The van der Waals surface area contributed by atoms with Crippen molar-refractivity contribution in [1.82, 2.24) is 10.2 Å². The first-order valence-electron chi connectivity index (χ1n) is 12.0. The summed E-state index contributed by atoms with van der Waals surface area (Å²) in [5.74, 6) is -1.96. The second-order valence-corrected chi connectivity index (χ2v) is 9.21. The zero-order valence-electron chi connectivity index (χ0n) is 20.3. The molecule has 0 bridgehead atoms. The lowest BCUT2D eigenvalue weighted by atomic mass is 9.78. The van der Waals surface area contributed by atoms with E-state index in [0.717, 1.165) is 16.7 Å². The number of fused-ring (bicyclic) bond motifs is 2. The molecule has 3 aromatic rings. The number of carboxylic acid groups (broad SMARTS) is 1. The Labute approximate surface area is 219 Å². The van der Waals surface area contributed by atoms with E-state index in [1.165, 1.54) is 11.0 Å². The average Bonchev–Trinajstić information content (AvgIpc) is 3.48. The quantitative estimate of drug-likeness (QED) is 0.302. The van der Waals surface area contributed by atoms with E-state index in [2.05, 4.69) is 5.32 Å². The van der Waals surface area contributed by atoms with Crippen molar-refractivity contribution in [1.29, 1.82) is 0 Å². The van der Waals surface area contributed by atoms with Crippen LogP contribution < -0.4 is 16.2 Å². The van der Waals surface area contributed by atoms with Gasteiger partial charge in [0.25, 0.3) is 11.8 Å². The fourth-order valence-electron chi connectivity index (χ4n) is 4.59. The van der Waals surface area contributed by atoms with E-state index in [-0.39, 0.29) is 31.2 Å². The SMILES string of the molecule is O=C(O)CN(Cc1cccc(CNC(=O)c2ccc3c(c2)B(O)OC3)c1)C(=O)c1ccc2c(c1)B(O)OC2. The molecule has 10 nitrogen and oxygen atoms in total. The maximum absolute atomic E-state index is 13.2. The van der Waals surface area contributed by atoms with E-state index in [1.807, 2.05) is 6.07 Å². The standard InChI is InChI=1S/C26H24B2N2O8/c31-24(32)13-30(26(34)19-5-7-21-15-38-28(36)23(21)10-19)12-17-3-1-2-16(8-17)11-29-25(33)18-4-6-20-14-37-27(35)22(20)9-18/h1-10,35-36H,11-15H2,(H,29,33)(H,31,32). The first kappa shape index (κ1) is 25.7. The summed E-state index contributed by atoms with van der Waals surface area (Å²) in [6.45, 7) is 0.277. The first-order valence-corrected chi connectivity index (χ1v) is 12.0. The molecule has 2 aliphatic rings. The molecule has 192 valence electrons. The van der Waals surface area contributed by atoms with Gasteiger partial charge in [-0.15, -0.1) is 0 Å². The summed E-state index contributed by atoms with van der Waals surface area (Å²) in [6, 6.07) is 17.0. The molecule has 0 atom stereocenters. The summed E-state index contributed by atoms with van der Waals surface area (Å²) in [5, 5.41) is 32.1. The number of amides is 2. The van der Waals surface area contributed by atoms with Crippen molar-refractivity contribution in [2.24, 2.45) is 0 Å². The maximum Gasteiger partial charge on any atom is 0.491 e. The van der Waals surface area contributed by atoms with E-state index >= 15 is 0 Å². The van der Waals surface area contributed by atoms with Crippen LogP contribution in [0.15, 0.2) is 60.7 Å². The number of hydrogen-bond acceptors (Lipinski definition) is 7. The Morgan fingerprint density at radius 1 is 0.842 bits per heavy atom. The zero-order valence-corrected chi connectivity index (χ0v) is 20.3. The molecule has 2 heterocycles. The molecular weight excluding hydrogens is 490 g/mol. The van der Waals surface area contributed by atoms with Gasteiger partial charge in [-0.25, -0.2) is 0 Å². The summed E-state index contributed by atoms with van der Waals surface area (Å²) >= 11 is 0. The summed E-state index contributed by atoms with van der Waals surface area (Å²) in [7, 11) is -2.16. The summed E-state index contributed by atoms with van der Waals surface area (Å²) < 4.78 is 10.3. The van der Waals surface area contributed by atoms with Gasteiger partial charge >= 0.3 is 20.2 Å². The van der Waals surface area contributed by atoms with Crippen molar-refractivity contribution < 1.29 is 38.8 Å². The number of hydrogen-bond donors (Lipinski definition) is 4. The molecule has 0 radical (unpaired) electrons. The minimum absolute atomic E-state index is 0.0335. The Morgan fingerprint density at radius 3 is 2.11 bits per heavy atom. The number of benzene rings is 3. The van der Waals surface area contributed by atoms with E-state index in [4.69, 9.17) is 9.31 Å². The van der Waals surface area contributed by atoms with Crippen LogP contribution in [0.1, 0.15) is 43.0 Å². The van der Waals surface area contributed by atoms with Crippen LogP contribution >= 0.6 is 0 Å². The molecular formula is C26H24B2N2O8. The molecule has 2 amide bonds. The molecule has 2 aliphatic heterocycles. The highest BCUT2D eigenvalue weighted by Crippen LogP contribution is 2.16. The maximum atomic E-state index is 13.2. The van der Waals surface area contributed by atoms with Crippen LogP contribution in [0.4, 0.5) is 0 Å². The van der Waals surface area contributed by atoms with E-state index in [9.17, 15) is 29.5 Å². The van der Waals surface area contributed by atoms with Gasteiger partial charge in [-0.3, -0.25) is 14.4 Å². The van der Waals surface area contributed by atoms with Crippen LogP contribution in [0.2, 0.25) is 0 Å². The lowest BCUT2D eigenvalue weighted by Crippen LogP contribution is -2.36. The molecule has 0 aromatic heterocycles. The molecule has 0 saturated carbocycles. The average molecular weight is 514 g/mol. The van der Waals surface area contributed by atoms with E-state index in [1.54, 1.807) is 48.5 Å². The Hall–Kier alpha value is -3.96. The number of nitrogens with one attached hydrogen (secondary N) is 1. The normalized spacial score (nSPS) is 13.7.